The van der Waals surface area contributed by atoms with Gasteiger partial charge in [-0.15, -0.1) is 0 Å². The molecule has 0 fully saturated rings. The van der Waals surface area contributed by atoms with E-state index in [1.165, 1.54) is 0 Å². The summed E-state index contributed by atoms with van der Waals surface area (Å²) in [5, 5.41) is 0.347. The van der Waals surface area contributed by atoms with E-state index in [9.17, 15) is 9.59 Å². The van der Waals surface area contributed by atoms with Crippen LogP contribution in [0.25, 0.3) is 10.9 Å². The third kappa shape index (κ3) is 1.25. The predicted molar refractivity (Wildman–Crippen MR) is 56.9 cm³/mol. The van der Waals surface area contributed by atoms with Gasteiger partial charge in [0.2, 0.25) is 0 Å². The molecule has 5 nitrogen and oxygen atoms in total. The number of H-pyrrole nitrogens is 1. The molecule has 3 rings (SSSR count). The maximum atomic E-state index is 11.4. The number of hydrogen-bond acceptors (Lipinski definition) is 4. The number of nitrogens with one attached hydrogen (secondary N) is 1. The Hall–Kier alpha value is -2.04. The first-order chi connectivity index (χ1) is 7.75. The van der Waals surface area contributed by atoms with Crippen LogP contribution in [0, 0.1) is 0 Å². The Kier molecular flexibility index (Phi) is 1.86. The summed E-state index contributed by atoms with van der Waals surface area (Å²) in [5.74, 6) is -0.145. The van der Waals surface area contributed by atoms with Crippen LogP contribution in [0.3, 0.4) is 0 Å². The minimum Gasteiger partial charge on any atom is -0.491 e. The molecule has 0 bridgehead atoms. The molecule has 0 radical (unpaired) electrons. The molecular weight excluding hydrogens is 210 g/mol. The predicted octanol–water partition coefficient (Wildman–Crippen LogP) is 0.806. The number of fused-ring (bicyclic) bond motifs is 3. The summed E-state index contributed by atoms with van der Waals surface area (Å²) in [7, 11) is 0. The van der Waals surface area contributed by atoms with E-state index in [1.54, 1.807) is 6.07 Å². The van der Waals surface area contributed by atoms with E-state index in [0.717, 1.165) is 18.4 Å². The van der Waals surface area contributed by atoms with E-state index < -0.39 is 11.4 Å². The summed E-state index contributed by atoms with van der Waals surface area (Å²) in [5.41, 5.74) is 0.828. The van der Waals surface area contributed by atoms with Crippen LogP contribution in [0.2, 0.25) is 0 Å². The Labute approximate surface area is 89.7 Å². The van der Waals surface area contributed by atoms with Gasteiger partial charge < -0.3 is 9.15 Å². The Morgan fingerprint density at radius 2 is 2.12 bits per heavy atom. The standard InChI is InChI=1S/C11H9NO4/c13-10-7-4-3-6-2-1-5-15-9(6)8(7)12-11(14)16-10/h3-4H,1-2,5H2,(H,12,14). The van der Waals surface area contributed by atoms with Gasteiger partial charge in [-0.05, 0) is 24.5 Å². The lowest BCUT2D eigenvalue weighted by Gasteiger charge is -2.17. The highest BCUT2D eigenvalue weighted by molar-refractivity contribution is 5.84. The number of ether oxygens (including phenoxy) is 1. The molecule has 1 N–H and O–H groups in total. The van der Waals surface area contributed by atoms with Crippen molar-refractivity contribution < 1.29 is 9.15 Å². The van der Waals surface area contributed by atoms with E-state index in [1.807, 2.05) is 6.07 Å². The van der Waals surface area contributed by atoms with Gasteiger partial charge in [0.1, 0.15) is 11.3 Å². The molecule has 0 saturated heterocycles. The van der Waals surface area contributed by atoms with Gasteiger partial charge in [-0.1, -0.05) is 6.07 Å². The maximum absolute atomic E-state index is 11.4. The van der Waals surface area contributed by atoms with Crippen molar-refractivity contribution in [2.24, 2.45) is 0 Å². The van der Waals surface area contributed by atoms with Crippen molar-refractivity contribution >= 4 is 10.9 Å². The lowest BCUT2D eigenvalue weighted by atomic mass is 10.0. The molecule has 2 aromatic rings. The molecule has 0 aliphatic carbocycles. The second-order valence-electron chi connectivity index (χ2n) is 3.73. The molecule has 0 amide bonds. The van der Waals surface area contributed by atoms with E-state index in [2.05, 4.69) is 9.40 Å². The average Bonchev–Trinajstić information content (AvgIpc) is 2.28. The molecule has 2 heterocycles. The largest absolute Gasteiger partial charge is 0.491 e. The summed E-state index contributed by atoms with van der Waals surface area (Å²) >= 11 is 0. The second-order valence-corrected chi connectivity index (χ2v) is 3.73. The van der Waals surface area contributed by atoms with Crippen LogP contribution in [0.4, 0.5) is 0 Å². The number of rotatable bonds is 0. The Morgan fingerprint density at radius 1 is 1.25 bits per heavy atom. The van der Waals surface area contributed by atoms with Crippen molar-refractivity contribution in [3.05, 3.63) is 38.7 Å². The second kappa shape index (κ2) is 3.23. The normalized spacial score (nSPS) is 14.5. The zero-order valence-corrected chi connectivity index (χ0v) is 8.41. The van der Waals surface area contributed by atoms with Gasteiger partial charge in [0, 0.05) is 0 Å². The molecular formula is C11H9NO4. The van der Waals surface area contributed by atoms with Crippen LogP contribution < -0.4 is 16.1 Å². The third-order valence-corrected chi connectivity index (χ3v) is 2.71. The quantitative estimate of drug-likeness (QED) is 0.711. The molecule has 5 heteroatoms. The lowest BCUT2D eigenvalue weighted by Crippen LogP contribution is -2.17. The topological polar surface area (TPSA) is 72.3 Å². The lowest BCUT2D eigenvalue weighted by molar-refractivity contribution is 0.291. The smallest absolute Gasteiger partial charge is 0.419 e. The SMILES string of the molecule is O=c1[nH]c2c3c(ccc2c(=O)o1)CCCO3. The Morgan fingerprint density at radius 3 is 3.00 bits per heavy atom. The van der Waals surface area contributed by atoms with E-state index in [0.29, 0.717) is 23.3 Å². The van der Waals surface area contributed by atoms with Crippen molar-refractivity contribution in [1.29, 1.82) is 0 Å². The first-order valence-electron chi connectivity index (χ1n) is 5.07. The van der Waals surface area contributed by atoms with Gasteiger partial charge in [-0.3, -0.25) is 4.98 Å². The number of aromatic amines is 1. The molecule has 82 valence electrons. The summed E-state index contributed by atoms with van der Waals surface area (Å²) in [6.45, 7) is 0.606. The fraction of sp³-hybridized carbons (Fsp3) is 0.273. The fourth-order valence-electron chi connectivity index (χ4n) is 1.99. The van der Waals surface area contributed by atoms with Crippen LogP contribution in [-0.2, 0) is 6.42 Å². The molecule has 1 aliphatic rings. The highest BCUT2D eigenvalue weighted by Gasteiger charge is 2.16. The van der Waals surface area contributed by atoms with Crippen molar-refractivity contribution in [1.82, 2.24) is 4.98 Å². The minimum atomic E-state index is -0.750. The third-order valence-electron chi connectivity index (χ3n) is 2.71. The van der Waals surface area contributed by atoms with E-state index >= 15 is 0 Å². The van der Waals surface area contributed by atoms with Gasteiger partial charge in [0.05, 0.1) is 12.0 Å². The zero-order valence-electron chi connectivity index (χ0n) is 8.41. The van der Waals surface area contributed by atoms with Gasteiger partial charge >= 0.3 is 11.4 Å². The molecule has 1 aromatic heterocycles. The molecule has 1 aliphatic heterocycles. The van der Waals surface area contributed by atoms with Crippen LogP contribution in [0.15, 0.2) is 26.1 Å². The van der Waals surface area contributed by atoms with E-state index in [4.69, 9.17) is 4.74 Å². The minimum absolute atomic E-state index is 0.347. The summed E-state index contributed by atoms with van der Waals surface area (Å²) in [6, 6.07) is 3.50. The van der Waals surface area contributed by atoms with Gasteiger partial charge in [0.15, 0.2) is 0 Å². The van der Waals surface area contributed by atoms with Crippen LogP contribution in [0.1, 0.15) is 12.0 Å². The number of aromatic nitrogens is 1. The summed E-state index contributed by atoms with van der Waals surface area (Å²) in [4.78, 5) is 25.1. The van der Waals surface area contributed by atoms with Crippen molar-refractivity contribution in [2.75, 3.05) is 6.61 Å². The highest BCUT2D eigenvalue weighted by Crippen LogP contribution is 2.30. The molecule has 0 unspecified atom stereocenters. The molecule has 0 atom stereocenters. The summed E-state index contributed by atoms with van der Waals surface area (Å²) in [6.07, 6.45) is 1.84. The van der Waals surface area contributed by atoms with Gasteiger partial charge in [0.25, 0.3) is 0 Å². The van der Waals surface area contributed by atoms with Crippen molar-refractivity contribution in [3.8, 4) is 5.75 Å². The first-order valence-corrected chi connectivity index (χ1v) is 5.07. The van der Waals surface area contributed by atoms with Crippen molar-refractivity contribution in [3.63, 3.8) is 0 Å². The Bertz CT molecular complexity index is 668. The zero-order chi connectivity index (χ0) is 11.1. The number of benzene rings is 1. The van der Waals surface area contributed by atoms with Gasteiger partial charge in [-0.25, -0.2) is 9.59 Å². The van der Waals surface area contributed by atoms with Crippen LogP contribution in [-0.4, -0.2) is 11.6 Å². The molecule has 0 spiro atoms. The van der Waals surface area contributed by atoms with Crippen molar-refractivity contribution in [2.45, 2.75) is 12.8 Å². The van der Waals surface area contributed by atoms with Crippen LogP contribution >= 0.6 is 0 Å². The van der Waals surface area contributed by atoms with E-state index in [-0.39, 0.29) is 0 Å². The summed E-state index contributed by atoms with van der Waals surface area (Å²) < 4.78 is 9.96. The monoisotopic (exact) mass is 219 g/mol. The first kappa shape index (κ1) is 9.21. The molecule has 0 saturated carbocycles. The fourth-order valence-corrected chi connectivity index (χ4v) is 1.99. The Balaban J connectivity index is 2.47. The van der Waals surface area contributed by atoms with Crippen LogP contribution in [0.5, 0.6) is 5.75 Å². The molecule has 1 aromatic carbocycles. The average molecular weight is 219 g/mol. The molecule has 16 heavy (non-hydrogen) atoms. The number of aryl methyl sites for hydroxylation is 1. The number of hydrogen-bond donors (Lipinski definition) is 1. The van der Waals surface area contributed by atoms with Gasteiger partial charge in [-0.2, -0.15) is 0 Å². The maximum Gasteiger partial charge on any atom is 0.419 e. The highest BCUT2D eigenvalue weighted by atomic mass is 16.5.